The molecule has 2 rings (SSSR count). The van der Waals surface area contributed by atoms with Gasteiger partial charge in [0, 0.05) is 18.3 Å². The third-order valence-corrected chi connectivity index (χ3v) is 3.24. The van der Waals surface area contributed by atoms with Crippen molar-refractivity contribution in [1.82, 2.24) is 9.97 Å². The summed E-state index contributed by atoms with van der Waals surface area (Å²) in [6.45, 7) is 0. The number of carbonyl (C=O) groups is 1. The van der Waals surface area contributed by atoms with Crippen molar-refractivity contribution in [2.75, 3.05) is 12.4 Å². The Morgan fingerprint density at radius 1 is 1.50 bits per heavy atom. The molecule has 18 heavy (non-hydrogen) atoms. The second-order valence-electron chi connectivity index (χ2n) is 4.40. The average molecular weight is 251 g/mol. The summed E-state index contributed by atoms with van der Waals surface area (Å²) in [5.41, 5.74) is 0. The fourth-order valence-electron chi connectivity index (χ4n) is 2.29. The fourth-order valence-corrected chi connectivity index (χ4v) is 2.29. The summed E-state index contributed by atoms with van der Waals surface area (Å²) in [4.78, 5) is 19.4. The number of ether oxygens (including phenoxy) is 1. The van der Waals surface area contributed by atoms with E-state index in [4.69, 9.17) is 4.74 Å². The van der Waals surface area contributed by atoms with Gasteiger partial charge in [0.1, 0.15) is 0 Å². The topological polar surface area (TPSA) is 84.3 Å². The molecule has 0 aliphatic heterocycles. The first kappa shape index (κ1) is 12.6. The minimum atomic E-state index is -0.755. The monoisotopic (exact) mass is 251 g/mol. The summed E-state index contributed by atoms with van der Waals surface area (Å²) in [6, 6.07) is 1.55. The number of carboxylic acid groups (broad SMARTS) is 1. The molecule has 1 aromatic heterocycles. The highest BCUT2D eigenvalue weighted by atomic mass is 16.5. The van der Waals surface area contributed by atoms with Crippen LogP contribution >= 0.6 is 0 Å². The Balaban J connectivity index is 2.08. The van der Waals surface area contributed by atoms with Crippen LogP contribution in [0, 0.1) is 5.92 Å². The Hall–Kier alpha value is -1.85. The van der Waals surface area contributed by atoms with Crippen molar-refractivity contribution in [1.29, 1.82) is 0 Å². The molecule has 2 N–H and O–H groups in total. The second kappa shape index (κ2) is 5.66. The number of hydrogen-bond donors (Lipinski definition) is 2. The number of hydrogen-bond acceptors (Lipinski definition) is 5. The van der Waals surface area contributed by atoms with Crippen LogP contribution in [0.15, 0.2) is 12.3 Å². The van der Waals surface area contributed by atoms with Crippen molar-refractivity contribution >= 4 is 11.9 Å². The number of carboxylic acids is 1. The molecule has 0 bridgehead atoms. The number of methoxy groups -OCH3 is 1. The number of aliphatic carboxylic acids is 1. The van der Waals surface area contributed by atoms with Gasteiger partial charge in [0.2, 0.25) is 11.8 Å². The van der Waals surface area contributed by atoms with Gasteiger partial charge in [-0.2, -0.15) is 4.98 Å². The Morgan fingerprint density at radius 3 is 3.00 bits per heavy atom. The van der Waals surface area contributed by atoms with E-state index < -0.39 is 5.97 Å². The van der Waals surface area contributed by atoms with E-state index in [1.54, 1.807) is 12.3 Å². The lowest BCUT2D eigenvalue weighted by atomic mass is 9.84. The molecule has 1 aromatic rings. The fraction of sp³-hybridized carbons (Fsp3) is 0.583. The molecular weight excluding hydrogens is 234 g/mol. The zero-order valence-electron chi connectivity index (χ0n) is 10.3. The van der Waals surface area contributed by atoms with E-state index in [9.17, 15) is 9.90 Å². The lowest BCUT2D eigenvalue weighted by Crippen LogP contribution is -2.37. The summed E-state index contributed by atoms with van der Waals surface area (Å²) in [5, 5.41) is 12.3. The Kier molecular flexibility index (Phi) is 3.96. The molecule has 6 heteroatoms. The van der Waals surface area contributed by atoms with E-state index in [1.807, 2.05) is 0 Å². The quantitative estimate of drug-likeness (QED) is 0.844. The third kappa shape index (κ3) is 2.88. The average Bonchev–Trinajstić information content (AvgIpc) is 2.39. The predicted molar refractivity (Wildman–Crippen MR) is 65.6 cm³/mol. The zero-order valence-corrected chi connectivity index (χ0v) is 10.3. The van der Waals surface area contributed by atoms with E-state index in [1.165, 1.54) is 7.11 Å². The first-order valence-corrected chi connectivity index (χ1v) is 6.07. The van der Waals surface area contributed by atoms with Crippen LogP contribution in [0.3, 0.4) is 0 Å². The van der Waals surface area contributed by atoms with E-state index >= 15 is 0 Å². The van der Waals surface area contributed by atoms with Crippen molar-refractivity contribution in [2.45, 2.75) is 31.7 Å². The van der Waals surface area contributed by atoms with Crippen LogP contribution in [0.4, 0.5) is 5.95 Å². The van der Waals surface area contributed by atoms with Crippen LogP contribution in [0.25, 0.3) is 0 Å². The standard InChI is InChI=1S/C12H17N3O3/c1-18-10-6-7-13-12(15-10)14-9-5-3-2-4-8(9)11(16)17/h6-9H,2-5H2,1H3,(H,16,17)(H,13,14,15). The van der Waals surface area contributed by atoms with Gasteiger partial charge in [0.05, 0.1) is 13.0 Å². The van der Waals surface area contributed by atoms with Gasteiger partial charge in [0.25, 0.3) is 0 Å². The molecule has 2 atom stereocenters. The summed E-state index contributed by atoms with van der Waals surface area (Å²) >= 11 is 0. The number of anilines is 1. The van der Waals surface area contributed by atoms with Crippen LogP contribution in [0.1, 0.15) is 25.7 Å². The highest BCUT2D eigenvalue weighted by Gasteiger charge is 2.31. The molecule has 2 unspecified atom stereocenters. The largest absolute Gasteiger partial charge is 0.481 e. The van der Waals surface area contributed by atoms with Gasteiger partial charge in [-0.05, 0) is 12.8 Å². The molecule has 1 heterocycles. The maximum absolute atomic E-state index is 11.2. The summed E-state index contributed by atoms with van der Waals surface area (Å²) in [7, 11) is 1.53. The first-order chi connectivity index (χ1) is 8.70. The maximum atomic E-state index is 11.2. The highest BCUT2D eigenvalue weighted by molar-refractivity contribution is 5.71. The van der Waals surface area contributed by atoms with Gasteiger partial charge in [-0.15, -0.1) is 0 Å². The van der Waals surface area contributed by atoms with Gasteiger partial charge in [-0.25, -0.2) is 4.98 Å². The molecule has 98 valence electrons. The van der Waals surface area contributed by atoms with Crippen LogP contribution in [-0.4, -0.2) is 34.2 Å². The van der Waals surface area contributed by atoms with Crippen LogP contribution < -0.4 is 10.1 Å². The molecule has 1 fully saturated rings. The second-order valence-corrected chi connectivity index (χ2v) is 4.40. The van der Waals surface area contributed by atoms with E-state index in [0.717, 1.165) is 19.3 Å². The van der Waals surface area contributed by atoms with Crippen molar-refractivity contribution in [3.8, 4) is 5.88 Å². The molecule has 0 amide bonds. The summed E-state index contributed by atoms with van der Waals surface area (Å²) in [6.07, 6.45) is 5.13. The molecular formula is C12H17N3O3. The van der Waals surface area contributed by atoms with Gasteiger partial charge in [0.15, 0.2) is 0 Å². The van der Waals surface area contributed by atoms with Crippen molar-refractivity contribution in [3.05, 3.63) is 12.3 Å². The molecule has 1 aliphatic rings. The molecule has 0 saturated heterocycles. The molecule has 6 nitrogen and oxygen atoms in total. The first-order valence-electron chi connectivity index (χ1n) is 6.07. The molecule has 0 radical (unpaired) electrons. The Labute approximate surface area is 105 Å². The van der Waals surface area contributed by atoms with Gasteiger partial charge >= 0.3 is 5.97 Å². The van der Waals surface area contributed by atoms with Gasteiger partial charge in [-0.1, -0.05) is 12.8 Å². The van der Waals surface area contributed by atoms with Crippen molar-refractivity contribution in [2.24, 2.45) is 5.92 Å². The summed E-state index contributed by atoms with van der Waals surface area (Å²) < 4.78 is 5.01. The third-order valence-electron chi connectivity index (χ3n) is 3.24. The van der Waals surface area contributed by atoms with Gasteiger partial charge < -0.3 is 15.2 Å². The van der Waals surface area contributed by atoms with Crippen LogP contribution in [0.5, 0.6) is 5.88 Å². The smallest absolute Gasteiger partial charge is 0.308 e. The Morgan fingerprint density at radius 2 is 2.28 bits per heavy atom. The molecule has 0 spiro atoms. The van der Waals surface area contributed by atoms with Gasteiger partial charge in [-0.3, -0.25) is 4.79 Å². The number of nitrogens with zero attached hydrogens (tertiary/aromatic N) is 2. The SMILES string of the molecule is COc1ccnc(NC2CCCCC2C(=O)O)n1. The lowest BCUT2D eigenvalue weighted by molar-refractivity contribution is -0.143. The molecule has 0 aromatic carbocycles. The lowest BCUT2D eigenvalue weighted by Gasteiger charge is -2.29. The highest BCUT2D eigenvalue weighted by Crippen LogP contribution is 2.26. The molecule has 1 saturated carbocycles. The predicted octanol–water partition coefficient (Wildman–Crippen LogP) is 1.54. The maximum Gasteiger partial charge on any atom is 0.308 e. The van der Waals surface area contributed by atoms with E-state index in [2.05, 4.69) is 15.3 Å². The normalized spacial score (nSPS) is 23.4. The molecule has 1 aliphatic carbocycles. The number of rotatable bonds is 4. The van der Waals surface area contributed by atoms with Crippen LogP contribution in [-0.2, 0) is 4.79 Å². The zero-order chi connectivity index (χ0) is 13.0. The minimum absolute atomic E-state index is 0.108. The minimum Gasteiger partial charge on any atom is -0.481 e. The van der Waals surface area contributed by atoms with Crippen molar-refractivity contribution in [3.63, 3.8) is 0 Å². The Bertz CT molecular complexity index is 425. The van der Waals surface area contributed by atoms with Crippen molar-refractivity contribution < 1.29 is 14.6 Å². The number of aromatic nitrogens is 2. The van der Waals surface area contributed by atoms with E-state index in [0.29, 0.717) is 18.2 Å². The van der Waals surface area contributed by atoms with E-state index in [-0.39, 0.29) is 12.0 Å². The number of nitrogens with one attached hydrogen (secondary N) is 1. The summed E-state index contributed by atoms with van der Waals surface area (Å²) in [5.74, 6) is -0.230. The van der Waals surface area contributed by atoms with Crippen LogP contribution in [0.2, 0.25) is 0 Å².